The summed E-state index contributed by atoms with van der Waals surface area (Å²) in [5.74, 6) is -0.369. The molecule has 0 spiro atoms. The van der Waals surface area contributed by atoms with E-state index >= 15 is 0 Å². The number of anilines is 1. The van der Waals surface area contributed by atoms with Crippen molar-refractivity contribution in [3.63, 3.8) is 0 Å². The topological polar surface area (TPSA) is 46.6 Å². The second-order valence-electron chi connectivity index (χ2n) is 3.16. The number of nitrogens with zero attached hydrogens (tertiary/aromatic N) is 1. The van der Waals surface area contributed by atoms with Crippen LogP contribution in [0.5, 0.6) is 0 Å². The van der Waals surface area contributed by atoms with E-state index in [4.69, 9.17) is 4.74 Å². The van der Waals surface area contributed by atoms with Gasteiger partial charge in [0.25, 0.3) is 0 Å². The average molecular weight is 221 g/mol. The molecule has 0 heterocycles. The van der Waals surface area contributed by atoms with Gasteiger partial charge < -0.3 is 9.64 Å². The Morgan fingerprint density at radius 1 is 1.44 bits per heavy atom. The van der Waals surface area contributed by atoms with Crippen LogP contribution in [0.15, 0.2) is 24.3 Å². The monoisotopic (exact) mass is 221 g/mol. The molecule has 4 heteroatoms. The fourth-order valence-corrected chi connectivity index (χ4v) is 1.34. The molecule has 0 atom stereocenters. The van der Waals surface area contributed by atoms with Crippen molar-refractivity contribution < 1.29 is 14.3 Å². The number of amides is 1. The lowest BCUT2D eigenvalue weighted by atomic mass is 10.2. The number of esters is 1. The van der Waals surface area contributed by atoms with Crippen LogP contribution in [0.4, 0.5) is 5.69 Å². The van der Waals surface area contributed by atoms with Crippen LogP contribution in [0.2, 0.25) is 0 Å². The van der Waals surface area contributed by atoms with Crippen molar-refractivity contribution >= 4 is 18.1 Å². The summed E-state index contributed by atoms with van der Waals surface area (Å²) in [6.07, 6.45) is 0.740. The Labute approximate surface area is 94.8 Å². The van der Waals surface area contributed by atoms with Gasteiger partial charge >= 0.3 is 5.97 Å². The molecule has 86 valence electrons. The predicted molar refractivity (Wildman–Crippen MR) is 61.5 cm³/mol. The SMILES string of the molecule is CCOC(=O)c1cccc(N(C=O)CC)c1. The Morgan fingerprint density at radius 2 is 2.19 bits per heavy atom. The Balaban J connectivity index is 2.94. The fraction of sp³-hybridized carbons (Fsp3) is 0.333. The summed E-state index contributed by atoms with van der Waals surface area (Å²) in [5, 5.41) is 0. The minimum atomic E-state index is -0.369. The van der Waals surface area contributed by atoms with Gasteiger partial charge in [0.1, 0.15) is 0 Å². The van der Waals surface area contributed by atoms with Crippen molar-refractivity contribution in [2.24, 2.45) is 0 Å². The zero-order chi connectivity index (χ0) is 12.0. The predicted octanol–water partition coefficient (Wildman–Crippen LogP) is 1.85. The standard InChI is InChI=1S/C12H15NO3/c1-3-13(9-14)11-7-5-6-10(8-11)12(15)16-4-2/h5-9H,3-4H2,1-2H3. The third-order valence-corrected chi connectivity index (χ3v) is 2.16. The third kappa shape index (κ3) is 2.82. The van der Waals surface area contributed by atoms with Crippen molar-refractivity contribution in [3.8, 4) is 0 Å². The van der Waals surface area contributed by atoms with Crippen LogP contribution >= 0.6 is 0 Å². The van der Waals surface area contributed by atoms with Gasteiger partial charge in [0, 0.05) is 12.2 Å². The van der Waals surface area contributed by atoms with Gasteiger partial charge in [-0.3, -0.25) is 4.79 Å². The van der Waals surface area contributed by atoms with Crippen LogP contribution in [0.3, 0.4) is 0 Å². The van der Waals surface area contributed by atoms with Crippen LogP contribution in [-0.4, -0.2) is 25.5 Å². The van der Waals surface area contributed by atoms with Crippen molar-refractivity contribution in [3.05, 3.63) is 29.8 Å². The quantitative estimate of drug-likeness (QED) is 0.563. The zero-order valence-electron chi connectivity index (χ0n) is 9.47. The molecule has 0 saturated carbocycles. The van der Waals surface area contributed by atoms with E-state index in [1.165, 1.54) is 4.90 Å². The summed E-state index contributed by atoms with van der Waals surface area (Å²) < 4.78 is 4.88. The Bertz CT molecular complexity index is 376. The number of rotatable bonds is 5. The minimum absolute atomic E-state index is 0.342. The Kier molecular flexibility index (Phi) is 4.51. The molecule has 0 saturated heterocycles. The molecule has 0 bridgehead atoms. The first-order chi connectivity index (χ1) is 7.72. The summed E-state index contributed by atoms with van der Waals surface area (Å²) in [4.78, 5) is 23.7. The van der Waals surface area contributed by atoms with Crippen LogP contribution in [0, 0.1) is 0 Å². The number of carbonyl (C=O) groups is 2. The molecule has 1 aromatic rings. The molecule has 0 radical (unpaired) electrons. The highest BCUT2D eigenvalue weighted by molar-refractivity contribution is 5.91. The van der Waals surface area contributed by atoms with Crippen molar-refractivity contribution in [1.29, 1.82) is 0 Å². The molecule has 0 N–H and O–H groups in total. The van der Waals surface area contributed by atoms with Crippen LogP contribution < -0.4 is 4.90 Å². The minimum Gasteiger partial charge on any atom is -0.462 e. The van der Waals surface area contributed by atoms with E-state index in [0.717, 1.165) is 6.41 Å². The van der Waals surface area contributed by atoms with Crippen molar-refractivity contribution in [1.82, 2.24) is 0 Å². The molecule has 0 aromatic heterocycles. The molecule has 16 heavy (non-hydrogen) atoms. The summed E-state index contributed by atoms with van der Waals surface area (Å²) in [7, 11) is 0. The summed E-state index contributed by atoms with van der Waals surface area (Å²) >= 11 is 0. The molecule has 1 rings (SSSR count). The number of ether oxygens (including phenoxy) is 1. The smallest absolute Gasteiger partial charge is 0.338 e. The number of hydrogen-bond donors (Lipinski definition) is 0. The lowest BCUT2D eigenvalue weighted by molar-refractivity contribution is -0.107. The first-order valence-electron chi connectivity index (χ1n) is 5.22. The van der Waals surface area contributed by atoms with Crippen LogP contribution in [-0.2, 0) is 9.53 Å². The van der Waals surface area contributed by atoms with Gasteiger partial charge in [-0.25, -0.2) is 4.79 Å². The van der Waals surface area contributed by atoms with Gasteiger partial charge in [-0.15, -0.1) is 0 Å². The van der Waals surface area contributed by atoms with E-state index in [1.807, 2.05) is 6.92 Å². The van der Waals surface area contributed by atoms with Gasteiger partial charge in [0.05, 0.1) is 12.2 Å². The maximum absolute atomic E-state index is 11.5. The molecule has 1 aromatic carbocycles. The van der Waals surface area contributed by atoms with Gasteiger partial charge in [0.2, 0.25) is 6.41 Å². The molecule has 1 amide bonds. The van der Waals surface area contributed by atoms with E-state index in [0.29, 0.717) is 24.4 Å². The molecule has 0 aliphatic heterocycles. The first kappa shape index (κ1) is 12.2. The maximum Gasteiger partial charge on any atom is 0.338 e. The highest BCUT2D eigenvalue weighted by Gasteiger charge is 2.09. The van der Waals surface area contributed by atoms with Gasteiger partial charge in [0.15, 0.2) is 0 Å². The van der Waals surface area contributed by atoms with Crippen molar-refractivity contribution in [2.75, 3.05) is 18.1 Å². The van der Waals surface area contributed by atoms with E-state index in [1.54, 1.807) is 31.2 Å². The Morgan fingerprint density at radius 3 is 2.75 bits per heavy atom. The largest absolute Gasteiger partial charge is 0.462 e. The fourth-order valence-electron chi connectivity index (χ4n) is 1.34. The summed E-state index contributed by atoms with van der Waals surface area (Å²) in [5.41, 5.74) is 1.16. The number of carbonyl (C=O) groups excluding carboxylic acids is 2. The number of hydrogen-bond acceptors (Lipinski definition) is 3. The second kappa shape index (κ2) is 5.90. The summed E-state index contributed by atoms with van der Waals surface area (Å²) in [6, 6.07) is 6.82. The molecule has 0 aliphatic rings. The van der Waals surface area contributed by atoms with Gasteiger partial charge in [-0.1, -0.05) is 6.07 Å². The maximum atomic E-state index is 11.5. The van der Waals surface area contributed by atoms with Crippen molar-refractivity contribution in [2.45, 2.75) is 13.8 Å². The molecule has 0 fully saturated rings. The third-order valence-electron chi connectivity index (χ3n) is 2.16. The highest BCUT2D eigenvalue weighted by atomic mass is 16.5. The number of benzene rings is 1. The van der Waals surface area contributed by atoms with Gasteiger partial charge in [-0.2, -0.15) is 0 Å². The Hall–Kier alpha value is -1.84. The lowest BCUT2D eigenvalue weighted by Gasteiger charge is -2.15. The molecule has 4 nitrogen and oxygen atoms in total. The highest BCUT2D eigenvalue weighted by Crippen LogP contribution is 2.15. The summed E-state index contributed by atoms with van der Waals surface area (Å²) in [6.45, 7) is 4.53. The van der Waals surface area contributed by atoms with Crippen LogP contribution in [0.25, 0.3) is 0 Å². The zero-order valence-corrected chi connectivity index (χ0v) is 9.47. The molecule has 0 unspecified atom stereocenters. The van der Waals surface area contributed by atoms with E-state index in [-0.39, 0.29) is 5.97 Å². The second-order valence-corrected chi connectivity index (χ2v) is 3.16. The lowest BCUT2D eigenvalue weighted by Crippen LogP contribution is -2.20. The van der Waals surface area contributed by atoms with E-state index in [2.05, 4.69) is 0 Å². The molecular weight excluding hydrogens is 206 g/mol. The van der Waals surface area contributed by atoms with E-state index < -0.39 is 0 Å². The average Bonchev–Trinajstić information content (AvgIpc) is 2.31. The molecular formula is C12H15NO3. The first-order valence-corrected chi connectivity index (χ1v) is 5.22. The van der Waals surface area contributed by atoms with Crippen LogP contribution in [0.1, 0.15) is 24.2 Å². The van der Waals surface area contributed by atoms with E-state index in [9.17, 15) is 9.59 Å². The normalized spacial score (nSPS) is 9.62. The molecule has 0 aliphatic carbocycles. The van der Waals surface area contributed by atoms with Gasteiger partial charge in [-0.05, 0) is 32.0 Å².